The molecule has 1 aromatic heterocycles. The second-order valence-electron chi connectivity index (χ2n) is 6.21. The van der Waals surface area contributed by atoms with Crippen molar-refractivity contribution in [2.75, 3.05) is 11.9 Å². The Morgan fingerprint density at radius 1 is 1.17 bits per heavy atom. The molecule has 0 aliphatic rings. The number of nitrogens with one attached hydrogen (secondary N) is 2. The Morgan fingerprint density at radius 3 is 2.46 bits per heavy atom. The van der Waals surface area contributed by atoms with Gasteiger partial charge in [-0.15, -0.1) is 10.2 Å². The fourth-order valence-corrected chi connectivity index (χ4v) is 3.66. The lowest BCUT2D eigenvalue weighted by Crippen LogP contribution is -2.27. The van der Waals surface area contributed by atoms with Crippen LogP contribution in [0.4, 0.5) is 5.13 Å². The highest BCUT2D eigenvalue weighted by molar-refractivity contribution is 7.91. The minimum atomic E-state index is -3.74. The van der Waals surface area contributed by atoms with Crippen LogP contribution < -0.4 is 10.0 Å². The minimum absolute atomic E-state index is 0.165. The summed E-state index contributed by atoms with van der Waals surface area (Å²) >= 11 is 0.826. The van der Waals surface area contributed by atoms with E-state index in [1.54, 1.807) is 20.8 Å². The number of hydrogen-bond acceptors (Lipinski definition) is 6. The smallest absolute Gasteiger partial charge is 0.269 e. The van der Waals surface area contributed by atoms with E-state index in [9.17, 15) is 13.2 Å². The van der Waals surface area contributed by atoms with Crippen LogP contribution in [0.15, 0.2) is 34.7 Å². The molecule has 1 amide bonds. The zero-order chi connectivity index (χ0) is 17.8. The van der Waals surface area contributed by atoms with Gasteiger partial charge in [0.1, 0.15) is 0 Å². The first-order chi connectivity index (χ1) is 11.2. The highest BCUT2D eigenvalue weighted by atomic mass is 32.2. The van der Waals surface area contributed by atoms with Gasteiger partial charge in [-0.25, -0.2) is 13.1 Å². The second-order valence-corrected chi connectivity index (χ2v) is 9.13. The number of carbonyl (C=O) groups is 1. The van der Waals surface area contributed by atoms with Gasteiger partial charge in [0.25, 0.3) is 10.0 Å². The largest absolute Gasteiger partial charge is 0.300 e. The number of hydrogen-bond donors (Lipinski definition) is 2. The molecular formula is C15H20N4O3S2. The molecule has 0 radical (unpaired) electrons. The lowest BCUT2D eigenvalue weighted by atomic mass is 9.96. The summed E-state index contributed by atoms with van der Waals surface area (Å²) in [6, 6.07) is 9.57. The van der Waals surface area contributed by atoms with Crippen LogP contribution in [-0.2, 0) is 21.2 Å². The van der Waals surface area contributed by atoms with Crippen molar-refractivity contribution >= 4 is 32.4 Å². The van der Waals surface area contributed by atoms with Crippen molar-refractivity contribution in [1.29, 1.82) is 0 Å². The van der Waals surface area contributed by atoms with Gasteiger partial charge in [0, 0.05) is 12.0 Å². The highest BCUT2D eigenvalue weighted by Crippen LogP contribution is 2.22. The van der Waals surface area contributed by atoms with Crippen LogP contribution in [0.2, 0.25) is 0 Å². The van der Waals surface area contributed by atoms with Crippen LogP contribution in [0.5, 0.6) is 0 Å². The van der Waals surface area contributed by atoms with Crippen molar-refractivity contribution in [2.24, 2.45) is 5.41 Å². The van der Waals surface area contributed by atoms with Gasteiger partial charge >= 0.3 is 0 Å². The quantitative estimate of drug-likeness (QED) is 0.760. The van der Waals surface area contributed by atoms with Gasteiger partial charge in [0.15, 0.2) is 0 Å². The predicted octanol–water partition coefficient (Wildman–Crippen LogP) is 2.04. The van der Waals surface area contributed by atoms with E-state index in [2.05, 4.69) is 20.2 Å². The van der Waals surface area contributed by atoms with Crippen molar-refractivity contribution in [3.8, 4) is 0 Å². The van der Waals surface area contributed by atoms with Gasteiger partial charge in [-0.05, 0) is 12.0 Å². The zero-order valence-electron chi connectivity index (χ0n) is 13.7. The molecule has 2 rings (SSSR count). The molecule has 2 aromatic rings. The van der Waals surface area contributed by atoms with Gasteiger partial charge in [-0.1, -0.05) is 62.4 Å². The fraction of sp³-hybridized carbons (Fsp3) is 0.400. The number of rotatable bonds is 6. The van der Waals surface area contributed by atoms with Crippen LogP contribution in [0.25, 0.3) is 0 Å². The maximum absolute atomic E-state index is 12.2. The Balaban J connectivity index is 1.96. The number of benzene rings is 1. The summed E-state index contributed by atoms with van der Waals surface area (Å²) < 4.78 is 26.7. The number of amides is 1. The average Bonchev–Trinajstić information content (AvgIpc) is 2.96. The summed E-state index contributed by atoms with van der Waals surface area (Å²) in [5.41, 5.74) is 0.439. The lowest BCUT2D eigenvalue weighted by molar-refractivity contribution is -0.123. The van der Waals surface area contributed by atoms with Gasteiger partial charge in [0.2, 0.25) is 15.4 Å². The van der Waals surface area contributed by atoms with Crippen molar-refractivity contribution in [2.45, 2.75) is 31.5 Å². The van der Waals surface area contributed by atoms with Crippen LogP contribution in [0.3, 0.4) is 0 Å². The molecule has 130 valence electrons. The van der Waals surface area contributed by atoms with Crippen LogP contribution in [0, 0.1) is 5.41 Å². The number of nitrogens with zero attached hydrogens (tertiary/aromatic N) is 2. The Bertz CT molecular complexity index is 796. The maximum atomic E-state index is 12.2. The van der Waals surface area contributed by atoms with E-state index in [1.165, 1.54) is 0 Å². The van der Waals surface area contributed by atoms with Crippen LogP contribution in [0.1, 0.15) is 26.3 Å². The summed E-state index contributed by atoms with van der Waals surface area (Å²) in [6.45, 7) is 5.53. The standard InChI is InChI=1S/C15H20N4O3S2/c1-15(2,3)12(20)17-13-18-19-14(23-13)24(21,22)16-10-9-11-7-5-4-6-8-11/h4-8,16H,9-10H2,1-3H3,(H,17,18,20). The van der Waals surface area contributed by atoms with Gasteiger partial charge < -0.3 is 5.32 Å². The Labute approximate surface area is 145 Å². The number of anilines is 1. The van der Waals surface area contributed by atoms with E-state index in [1.807, 2.05) is 30.3 Å². The summed E-state index contributed by atoms with van der Waals surface area (Å²) in [5.74, 6) is -0.250. The molecule has 9 heteroatoms. The third-order valence-corrected chi connectivity index (χ3v) is 5.75. The molecule has 0 fully saturated rings. The molecule has 0 unspecified atom stereocenters. The summed E-state index contributed by atoms with van der Waals surface area (Å²) in [7, 11) is -3.74. The summed E-state index contributed by atoms with van der Waals surface area (Å²) in [5, 5.41) is 10.1. The molecule has 0 aliphatic heterocycles. The molecule has 2 N–H and O–H groups in total. The fourth-order valence-electron chi connectivity index (χ4n) is 1.69. The van der Waals surface area contributed by atoms with Gasteiger partial charge in [0.05, 0.1) is 0 Å². The zero-order valence-corrected chi connectivity index (χ0v) is 15.4. The SMILES string of the molecule is CC(C)(C)C(=O)Nc1nnc(S(=O)(=O)NCCc2ccccc2)s1. The van der Waals surface area contributed by atoms with Gasteiger partial charge in [-0.2, -0.15) is 0 Å². The third kappa shape index (κ3) is 5.08. The van der Waals surface area contributed by atoms with Crippen molar-refractivity contribution in [3.05, 3.63) is 35.9 Å². The molecule has 0 atom stereocenters. The number of carbonyl (C=O) groups excluding carboxylic acids is 1. The van der Waals surface area contributed by atoms with Crippen molar-refractivity contribution < 1.29 is 13.2 Å². The second kappa shape index (κ2) is 7.37. The molecule has 0 spiro atoms. The minimum Gasteiger partial charge on any atom is -0.300 e. The maximum Gasteiger partial charge on any atom is 0.269 e. The molecule has 1 heterocycles. The molecular weight excluding hydrogens is 348 g/mol. The third-order valence-electron chi connectivity index (χ3n) is 3.09. The van der Waals surface area contributed by atoms with E-state index in [0.29, 0.717) is 6.42 Å². The topological polar surface area (TPSA) is 101 Å². The monoisotopic (exact) mass is 368 g/mol. The van der Waals surface area contributed by atoms with Crippen molar-refractivity contribution in [3.63, 3.8) is 0 Å². The number of aromatic nitrogens is 2. The Morgan fingerprint density at radius 2 is 1.83 bits per heavy atom. The first-order valence-corrected chi connectivity index (χ1v) is 9.67. The van der Waals surface area contributed by atoms with E-state index in [-0.39, 0.29) is 21.9 Å². The lowest BCUT2D eigenvalue weighted by Gasteiger charge is -2.15. The highest BCUT2D eigenvalue weighted by Gasteiger charge is 2.24. The predicted molar refractivity (Wildman–Crippen MR) is 93.3 cm³/mol. The van der Waals surface area contributed by atoms with E-state index in [0.717, 1.165) is 16.9 Å². The Kier molecular flexibility index (Phi) is 5.68. The first kappa shape index (κ1) is 18.5. The number of sulfonamides is 1. The molecule has 0 saturated heterocycles. The molecule has 0 aliphatic carbocycles. The summed E-state index contributed by atoms with van der Waals surface area (Å²) in [4.78, 5) is 11.9. The molecule has 7 nitrogen and oxygen atoms in total. The first-order valence-electron chi connectivity index (χ1n) is 7.37. The van der Waals surface area contributed by atoms with Crippen LogP contribution >= 0.6 is 11.3 Å². The molecule has 0 bridgehead atoms. The summed E-state index contributed by atoms with van der Waals surface area (Å²) in [6.07, 6.45) is 0.576. The molecule has 0 saturated carbocycles. The van der Waals surface area contributed by atoms with E-state index < -0.39 is 15.4 Å². The van der Waals surface area contributed by atoms with E-state index >= 15 is 0 Å². The van der Waals surface area contributed by atoms with Crippen LogP contribution in [-0.4, -0.2) is 31.1 Å². The molecule has 24 heavy (non-hydrogen) atoms. The normalized spacial score (nSPS) is 12.1. The molecule has 1 aromatic carbocycles. The Hall–Kier alpha value is -1.84. The van der Waals surface area contributed by atoms with Gasteiger partial charge in [-0.3, -0.25) is 4.79 Å². The average molecular weight is 368 g/mol. The van der Waals surface area contributed by atoms with Crippen molar-refractivity contribution in [1.82, 2.24) is 14.9 Å². The van der Waals surface area contributed by atoms with E-state index in [4.69, 9.17) is 0 Å².